The van der Waals surface area contributed by atoms with Gasteiger partial charge in [0.1, 0.15) is 0 Å². The van der Waals surface area contributed by atoms with E-state index < -0.39 is 0 Å². The smallest absolute Gasteiger partial charge is 0.0707 e. The highest BCUT2D eigenvalue weighted by Gasteiger charge is 2.15. The van der Waals surface area contributed by atoms with Crippen LogP contribution in [0, 0.1) is 0 Å². The molecule has 0 saturated carbocycles. The van der Waals surface area contributed by atoms with E-state index >= 15 is 0 Å². The van der Waals surface area contributed by atoms with Gasteiger partial charge < -0.3 is 9.80 Å². The standard InChI is InChI=1S/C23H25N3/c1-2-25-15-17-26(18-16-25)21-11-8-19(9-12-21)7-10-20-13-14-24-23-6-4-3-5-22(20)23/h3-14H,2,15-18H2,1H3/b10-7-. The van der Waals surface area contributed by atoms with Gasteiger partial charge in [0.25, 0.3) is 0 Å². The van der Waals surface area contributed by atoms with Crippen LogP contribution >= 0.6 is 0 Å². The van der Waals surface area contributed by atoms with Crippen LogP contribution in [0.15, 0.2) is 60.8 Å². The van der Waals surface area contributed by atoms with Gasteiger partial charge in [0, 0.05) is 43.4 Å². The van der Waals surface area contributed by atoms with Gasteiger partial charge in [0.05, 0.1) is 5.52 Å². The molecule has 0 radical (unpaired) electrons. The molecule has 4 rings (SSSR count). The highest BCUT2D eigenvalue weighted by atomic mass is 15.3. The Morgan fingerprint density at radius 1 is 0.885 bits per heavy atom. The number of hydrogen-bond donors (Lipinski definition) is 0. The fourth-order valence-electron chi connectivity index (χ4n) is 3.57. The third-order valence-electron chi connectivity index (χ3n) is 5.22. The van der Waals surface area contributed by atoms with Gasteiger partial charge in [-0.25, -0.2) is 0 Å². The molecule has 0 amide bonds. The highest BCUT2D eigenvalue weighted by molar-refractivity contribution is 5.90. The third-order valence-corrected chi connectivity index (χ3v) is 5.22. The maximum absolute atomic E-state index is 4.43. The lowest BCUT2D eigenvalue weighted by atomic mass is 10.1. The number of pyridine rings is 1. The van der Waals surface area contributed by atoms with Crippen LogP contribution in [0.25, 0.3) is 23.1 Å². The number of anilines is 1. The van der Waals surface area contributed by atoms with Crippen molar-refractivity contribution in [1.82, 2.24) is 9.88 Å². The first-order valence-corrected chi connectivity index (χ1v) is 9.43. The molecular formula is C23H25N3. The topological polar surface area (TPSA) is 19.4 Å². The fraction of sp³-hybridized carbons (Fsp3) is 0.261. The number of fused-ring (bicyclic) bond motifs is 1. The molecule has 3 heteroatoms. The summed E-state index contributed by atoms with van der Waals surface area (Å²) in [4.78, 5) is 9.42. The molecule has 132 valence electrons. The van der Waals surface area contributed by atoms with Crippen molar-refractivity contribution in [3.05, 3.63) is 71.9 Å². The first kappa shape index (κ1) is 16.8. The van der Waals surface area contributed by atoms with Crippen LogP contribution in [0.3, 0.4) is 0 Å². The summed E-state index contributed by atoms with van der Waals surface area (Å²) in [6, 6.07) is 19.2. The average Bonchev–Trinajstić information content (AvgIpc) is 2.73. The van der Waals surface area contributed by atoms with Crippen molar-refractivity contribution in [2.45, 2.75) is 6.92 Å². The predicted octanol–water partition coefficient (Wildman–Crippen LogP) is 4.55. The van der Waals surface area contributed by atoms with Gasteiger partial charge in [0.15, 0.2) is 0 Å². The number of hydrogen-bond acceptors (Lipinski definition) is 3. The number of piperazine rings is 1. The Morgan fingerprint density at radius 3 is 2.42 bits per heavy atom. The summed E-state index contributed by atoms with van der Waals surface area (Å²) in [5.74, 6) is 0. The minimum atomic E-state index is 1.04. The molecule has 1 fully saturated rings. The molecule has 0 atom stereocenters. The number of aromatic nitrogens is 1. The molecule has 1 aromatic heterocycles. The van der Waals surface area contributed by atoms with E-state index in [2.05, 4.69) is 82.4 Å². The van der Waals surface area contributed by atoms with E-state index in [4.69, 9.17) is 0 Å². The zero-order chi connectivity index (χ0) is 17.8. The van der Waals surface area contributed by atoms with Gasteiger partial charge in [-0.1, -0.05) is 49.4 Å². The highest BCUT2D eigenvalue weighted by Crippen LogP contribution is 2.21. The van der Waals surface area contributed by atoms with Crippen LogP contribution in [0.5, 0.6) is 0 Å². The van der Waals surface area contributed by atoms with Crippen molar-refractivity contribution in [2.24, 2.45) is 0 Å². The minimum absolute atomic E-state index is 1.04. The molecule has 0 unspecified atom stereocenters. The lowest BCUT2D eigenvalue weighted by molar-refractivity contribution is 0.271. The summed E-state index contributed by atoms with van der Waals surface area (Å²) in [5.41, 5.74) is 4.79. The van der Waals surface area contributed by atoms with Gasteiger partial charge in [-0.15, -0.1) is 0 Å². The molecule has 0 spiro atoms. The molecule has 0 N–H and O–H groups in total. The second-order valence-corrected chi connectivity index (χ2v) is 6.76. The molecule has 2 heterocycles. The Kier molecular flexibility index (Phi) is 4.98. The number of benzene rings is 2. The largest absolute Gasteiger partial charge is 0.369 e. The second kappa shape index (κ2) is 7.71. The number of para-hydroxylation sites is 1. The molecule has 1 aliphatic heterocycles. The van der Waals surface area contributed by atoms with Gasteiger partial charge in [-0.2, -0.15) is 0 Å². The van der Waals surface area contributed by atoms with Gasteiger partial charge in [-0.05, 0) is 41.9 Å². The average molecular weight is 343 g/mol. The number of rotatable bonds is 4. The Bertz CT molecular complexity index is 885. The summed E-state index contributed by atoms with van der Waals surface area (Å²) in [5, 5.41) is 1.19. The van der Waals surface area contributed by atoms with Crippen LogP contribution in [0.1, 0.15) is 18.1 Å². The minimum Gasteiger partial charge on any atom is -0.369 e. The van der Waals surface area contributed by atoms with E-state index in [9.17, 15) is 0 Å². The summed E-state index contributed by atoms with van der Waals surface area (Å²) >= 11 is 0. The van der Waals surface area contributed by atoms with E-state index in [1.165, 1.54) is 22.2 Å². The third kappa shape index (κ3) is 3.63. The van der Waals surface area contributed by atoms with Crippen LogP contribution < -0.4 is 4.90 Å². The Balaban J connectivity index is 1.48. The summed E-state index contributed by atoms with van der Waals surface area (Å²) in [6.07, 6.45) is 6.24. The van der Waals surface area contributed by atoms with E-state index in [1.807, 2.05) is 12.3 Å². The lowest BCUT2D eigenvalue weighted by Gasteiger charge is -2.35. The van der Waals surface area contributed by atoms with E-state index in [0.29, 0.717) is 0 Å². The molecule has 3 nitrogen and oxygen atoms in total. The quantitative estimate of drug-likeness (QED) is 0.693. The molecular weight excluding hydrogens is 318 g/mol. The summed E-state index contributed by atoms with van der Waals surface area (Å²) in [7, 11) is 0. The Hall–Kier alpha value is -2.65. The lowest BCUT2D eigenvalue weighted by Crippen LogP contribution is -2.46. The van der Waals surface area contributed by atoms with Crippen molar-refractivity contribution >= 4 is 28.7 Å². The van der Waals surface area contributed by atoms with E-state index in [-0.39, 0.29) is 0 Å². The molecule has 3 aromatic rings. The van der Waals surface area contributed by atoms with Gasteiger partial charge >= 0.3 is 0 Å². The van der Waals surface area contributed by atoms with Gasteiger partial charge in [-0.3, -0.25) is 4.98 Å². The normalized spacial score (nSPS) is 15.8. The first-order valence-electron chi connectivity index (χ1n) is 9.43. The van der Waals surface area contributed by atoms with E-state index in [1.54, 1.807) is 0 Å². The van der Waals surface area contributed by atoms with Crippen molar-refractivity contribution in [3.8, 4) is 0 Å². The first-order chi connectivity index (χ1) is 12.8. The molecule has 0 bridgehead atoms. The zero-order valence-electron chi connectivity index (χ0n) is 15.3. The van der Waals surface area contributed by atoms with Crippen molar-refractivity contribution in [3.63, 3.8) is 0 Å². The monoisotopic (exact) mass is 343 g/mol. The molecule has 1 saturated heterocycles. The number of nitrogens with zero attached hydrogens (tertiary/aromatic N) is 3. The molecule has 1 aliphatic rings. The summed E-state index contributed by atoms with van der Waals surface area (Å²) < 4.78 is 0. The zero-order valence-corrected chi connectivity index (χ0v) is 15.3. The van der Waals surface area contributed by atoms with Gasteiger partial charge in [0.2, 0.25) is 0 Å². The molecule has 26 heavy (non-hydrogen) atoms. The molecule has 2 aromatic carbocycles. The maximum Gasteiger partial charge on any atom is 0.0707 e. The van der Waals surface area contributed by atoms with Crippen molar-refractivity contribution < 1.29 is 0 Å². The van der Waals surface area contributed by atoms with Crippen LogP contribution in [-0.2, 0) is 0 Å². The number of likely N-dealkylation sites (N-methyl/N-ethyl adjacent to an activating group) is 1. The Morgan fingerprint density at radius 2 is 1.65 bits per heavy atom. The van der Waals surface area contributed by atoms with Crippen molar-refractivity contribution in [1.29, 1.82) is 0 Å². The van der Waals surface area contributed by atoms with Crippen LogP contribution in [0.4, 0.5) is 5.69 Å². The molecule has 0 aliphatic carbocycles. The fourth-order valence-corrected chi connectivity index (χ4v) is 3.57. The SMILES string of the molecule is CCN1CCN(c2ccc(/C=C\c3ccnc4ccccc34)cc2)CC1. The second-order valence-electron chi connectivity index (χ2n) is 6.76. The van der Waals surface area contributed by atoms with Crippen LogP contribution in [0.2, 0.25) is 0 Å². The van der Waals surface area contributed by atoms with Crippen molar-refractivity contribution in [2.75, 3.05) is 37.6 Å². The Labute approximate surface area is 155 Å². The maximum atomic E-state index is 4.43. The summed E-state index contributed by atoms with van der Waals surface area (Å²) in [6.45, 7) is 7.95. The van der Waals surface area contributed by atoms with Crippen LogP contribution in [-0.4, -0.2) is 42.6 Å². The predicted molar refractivity (Wildman–Crippen MR) is 111 cm³/mol. The van der Waals surface area contributed by atoms with E-state index in [0.717, 1.165) is 38.2 Å².